The van der Waals surface area contributed by atoms with Gasteiger partial charge in [-0.3, -0.25) is 10.1 Å². The Morgan fingerprint density at radius 2 is 2.55 bits per heavy atom. The topological polar surface area (TPSA) is 67.7 Å². The van der Waals surface area contributed by atoms with Gasteiger partial charge >= 0.3 is 5.70 Å². The summed E-state index contributed by atoms with van der Waals surface area (Å²) in [5.74, 6) is 0.421. The number of nitrogens with one attached hydrogen (secondary N) is 1. The lowest BCUT2D eigenvalue weighted by Gasteiger charge is -2.03. The molecule has 0 aromatic carbocycles. The molecule has 5 nitrogen and oxygen atoms in total. The van der Waals surface area contributed by atoms with Gasteiger partial charge in [0.05, 0.1) is 4.92 Å². The van der Waals surface area contributed by atoms with Crippen LogP contribution in [0, 0.1) is 10.1 Å². The zero-order valence-corrected chi connectivity index (χ0v) is 5.83. The Morgan fingerprint density at radius 3 is 3.09 bits per heavy atom. The van der Waals surface area contributed by atoms with E-state index in [-0.39, 0.29) is 5.70 Å². The van der Waals surface area contributed by atoms with Crippen molar-refractivity contribution in [1.82, 2.24) is 5.32 Å². The Balaban J connectivity index is 2.40. The molecule has 0 aliphatic carbocycles. The minimum atomic E-state index is -0.600. The summed E-state index contributed by atoms with van der Waals surface area (Å²) in [4.78, 5) is 9.88. The fourth-order valence-electron chi connectivity index (χ4n) is 1.07. The molecule has 5 heteroatoms. The van der Waals surface area contributed by atoms with Crippen molar-refractivity contribution in [3.05, 3.63) is 33.8 Å². The summed E-state index contributed by atoms with van der Waals surface area (Å²) >= 11 is 0. The van der Waals surface area contributed by atoms with Crippen molar-refractivity contribution in [3.8, 4) is 0 Å². The molecule has 2 aliphatic heterocycles. The number of nitrogens with zero attached hydrogens (tertiary/aromatic N) is 1. The SMILES string of the molecule is CC12NC=CC([N+](=O)[O-])=C1O2. The molecule has 11 heavy (non-hydrogen) atoms. The number of fused-ring (bicyclic) bond motifs is 1. The van der Waals surface area contributed by atoms with Gasteiger partial charge < -0.3 is 10.1 Å². The van der Waals surface area contributed by atoms with Crippen LogP contribution in [0.1, 0.15) is 6.92 Å². The molecule has 0 saturated carbocycles. The van der Waals surface area contributed by atoms with Gasteiger partial charge in [0.25, 0.3) is 0 Å². The van der Waals surface area contributed by atoms with E-state index >= 15 is 0 Å². The van der Waals surface area contributed by atoms with Gasteiger partial charge in [-0.05, 0) is 0 Å². The zero-order chi connectivity index (χ0) is 8.06. The number of dihydropyridines is 1. The minimum absolute atomic E-state index is 0.0475. The highest BCUT2D eigenvalue weighted by Gasteiger charge is 2.55. The second-order valence-corrected chi connectivity index (χ2v) is 2.58. The summed E-state index contributed by atoms with van der Waals surface area (Å²) in [6, 6.07) is 0. The average molecular weight is 154 g/mol. The van der Waals surface area contributed by atoms with Crippen molar-refractivity contribution in [2.75, 3.05) is 0 Å². The molecular weight excluding hydrogens is 148 g/mol. The first kappa shape index (κ1) is 6.21. The second kappa shape index (κ2) is 1.55. The van der Waals surface area contributed by atoms with E-state index in [1.165, 1.54) is 12.3 Å². The van der Waals surface area contributed by atoms with Crippen LogP contribution in [0.4, 0.5) is 0 Å². The summed E-state index contributed by atoms with van der Waals surface area (Å²) in [6.07, 6.45) is 2.92. The Kier molecular flexibility index (Phi) is 0.876. The van der Waals surface area contributed by atoms with Crippen LogP contribution in [0.5, 0.6) is 0 Å². The van der Waals surface area contributed by atoms with Crippen molar-refractivity contribution in [1.29, 1.82) is 0 Å². The highest BCUT2D eigenvalue weighted by atomic mass is 16.6. The van der Waals surface area contributed by atoms with Crippen LogP contribution >= 0.6 is 0 Å². The summed E-state index contributed by atoms with van der Waals surface area (Å²) in [5.41, 5.74) is -0.553. The predicted octanol–water partition coefficient (Wildman–Crippen LogP) is 0.338. The average Bonchev–Trinajstić information content (AvgIpc) is 2.58. The Bertz CT molecular complexity index is 294. The molecule has 1 fully saturated rings. The number of hydrogen-bond acceptors (Lipinski definition) is 4. The van der Waals surface area contributed by atoms with Crippen LogP contribution in [-0.2, 0) is 4.74 Å². The third kappa shape index (κ3) is 0.705. The number of ether oxygens (including phenoxy) is 1. The van der Waals surface area contributed by atoms with Crippen molar-refractivity contribution < 1.29 is 9.66 Å². The fourth-order valence-corrected chi connectivity index (χ4v) is 1.07. The van der Waals surface area contributed by atoms with E-state index in [4.69, 9.17) is 4.74 Å². The smallest absolute Gasteiger partial charge is 0.314 e. The quantitative estimate of drug-likeness (QED) is 0.336. The lowest BCUT2D eigenvalue weighted by Crippen LogP contribution is -2.26. The van der Waals surface area contributed by atoms with E-state index in [0.717, 1.165) is 0 Å². The van der Waals surface area contributed by atoms with Crippen LogP contribution in [0.2, 0.25) is 0 Å². The highest BCUT2D eigenvalue weighted by Crippen LogP contribution is 2.42. The predicted molar refractivity (Wildman–Crippen MR) is 35.8 cm³/mol. The molecule has 2 rings (SSSR count). The van der Waals surface area contributed by atoms with Gasteiger partial charge in [-0.2, -0.15) is 0 Å². The first-order valence-electron chi connectivity index (χ1n) is 3.16. The molecule has 0 radical (unpaired) electrons. The third-order valence-electron chi connectivity index (χ3n) is 1.73. The second-order valence-electron chi connectivity index (χ2n) is 2.58. The number of hydrogen-bond donors (Lipinski definition) is 1. The van der Waals surface area contributed by atoms with E-state index < -0.39 is 10.6 Å². The summed E-state index contributed by atoms with van der Waals surface area (Å²) in [7, 11) is 0. The Hall–Kier alpha value is -1.52. The van der Waals surface area contributed by atoms with Crippen LogP contribution < -0.4 is 5.32 Å². The molecular formula is C6H6N2O3. The van der Waals surface area contributed by atoms with Gasteiger partial charge in [-0.15, -0.1) is 0 Å². The van der Waals surface area contributed by atoms with E-state index in [1.54, 1.807) is 6.92 Å². The van der Waals surface area contributed by atoms with Crippen molar-refractivity contribution in [2.45, 2.75) is 12.6 Å². The Labute approximate surface area is 62.5 Å². The van der Waals surface area contributed by atoms with Crippen molar-refractivity contribution in [2.24, 2.45) is 0 Å². The molecule has 2 aliphatic rings. The molecule has 2 heterocycles. The first-order valence-corrected chi connectivity index (χ1v) is 3.16. The molecule has 0 aromatic heterocycles. The van der Waals surface area contributed by atoms with Crippen LogP contribution in [0.15, 0.2) is 23.7 Å². The summed E-state index contributed by atoms with van der Waals surface area (Å²) < 4.78 is 5.00. The largest absolute Gasteiger partial charge is 0.452 e. The zero-order valence-electron chi connectivity index (χ0n) is 5.83. The van der Waals surface area contributed by atoms with E-state index in [0.29, 0.717) is 5.76 Å². The van der Waals surface area contributed by atoms with Gasteiger partial charge in [0, 0.05) is 19.2 Å². The monoisotopic (exact) mass is 154 g/mol. The first-order chi connectivity index (χ1) is 5.13. The Morgan fingerprint density at radius 1 is 1.82 bits per heavy atom. The standard InChI is InChI=1S/C6H6N2O3/c1-6-5(11-6)4(8(9)10)2-3-7-6/h2-3,7H,1H3. The van der Waals surface area contributed by atoms with Gasteiger partial charge in [0.2, 0.25) is 11.5 Å². The van der Waals surface area contributed by atoms with Crippen LogP contribution in [0.25, 0.3) is 0 Å². The molecule has 0 spiro atoms. The van der Waals surface area contributed by atoms with Gasteiger partial charge in [0.15, 0.2) is 0 Å². The molecule has 0 bridgehead atoms. The maximum absolute atomic E-state index is 10.3. The molecule has 1 unspecified atom stereocenters. The maximum Gasteiger partial charge on any atom is 0.314 e. The van der Waals surface area contributed by atoms with Gasteiger partial charge in [-0.1, -0.05) is 0 Å². The van der Waals surface area contributed by atoms with Crippen molar-refractivity contribution >= 4 is 0 Å². The van der Waals surface area contributed by atoms with Crippen molar-refractivity contribution in [3.63, 3.8) is 0 Å². The number of rotatable bonds is 1. The van der Waals surface area contributed by atoms with E-state index in [2.05, 4.69) is 5.32 Å². The summed E-state index contributed by atoms with van der Waals surface area (Å²) in [5, 5.41) is 13.2. The number of nitro groups is 1. The molecule has 58 valence electrons. The third-order valence-corrected chi connectivity index (χ3v) is 1.73. The lowest BCUT2D eigenvalue weighted by atomic mass is 10.2. The molecule has 1 saturated heterocycles. The van der Waals surface area contributed by atoms with Gasteiger partial charge in [0.1, 0.15) is 0 Å². The molecule has 0 aromatic rings. The maximum atomic E-state index is 10.3. The lowest BCUT2D eigenvalue weighted by molar-refractivity contribution is -0.420. The van der Waals surface area contributed by atoms with Gasteiger partial charge in [-0.25, -0.2) is 0 Å². The molecule has 1 N–H and O–H groups in total. The molecule has 1 atom stereocenters. The van der Waals surface area contributed by atoms with Crippen LogP contribution in [-0.4, -0.2) is 10.6 Å². The van der Waals surface area contributed by atoms with E-state index in [9.17, 15) is 10.1 Å². The normalized spacial score (nSPS) is 32.1. The fraction of sp³-hybridized carbons (Fsp3) is 0.333. The number of epoxide rings is 1. The molecule has 0 amide bonds. The summed E-state index contributed by atoms with van der Waals surface area (Å²) in [6.45, 7) is 1.75. The highest BCUT2D eigenvalue weighted by molar-refractivity contribution is 5.35. The van der Waals surface area contributed by atoms with Crippen LogP contribution in [0.3, 0.4) is 0 Å². The van der Waals surface area contributed by atoms with E-state index in [1.807, 2.05) is 0 Å². The minimum Gasteiger partial charge on any atom is -0.452 e. The number of allylic oxidation sites excluding steroid dienone is 1.